The van der Waals surface area contributed by atoms with Gasteiger partial charge in [-0.1, -0.05) is 85.0 Å². The van der Waals surface area contributed by atoms with E-state index in [1.54, 1.807) is 0 Å². The molecule has 0 saturated heterocycles. The maximum absolute atomic E-state index is 6.74. The predicted octanol–water partition coefficient (Wildman–Crippen LogP) is 8.94. The second-order valence-electron chi connectivity index (χ2n) is 12.3. The molecular formula is C41H26N4O3. The highest BCUT2D eigenvalue weighted by Crippen LogP contribution is 2.62. The van der Waals surface area contributed by atoms with Crippen LogP contribution in [-0.4, -0.2) is 26.5 Å². The Bertz CT molecular complexity index is 2410. The number of nitrogens with zero attached hydrogens (tertiary/aromatic N) is 4. The van der Waals surface area contributed by atoms with Crippen molar-refractivity contribution in [2.75, 3.05) is 0 Å². The third-order valence-electron chi connectivity index (χ3n) is 9.72. The minimum atomic E-state index is -0.595. The fourth-order valence-electron chi connectivity index (χ4n) is 7.66. The molecule has 3 aliphatic rings. The summed E-state index contributed by atoms with van der Waals surface area (Å²) < 4.78 is 19.2. The van der Waals surface area contributed by atoms with Gasteiger partial charge in [-0.25, -0.2) is 0 Å². The highest BCUT2D eigenvalue weighted by atomic mass is 16.5. The van der Waals surface area contributed by atoms with E-state index in [2.05, 4.69) is 93.2 Å². The maximum atomic E-state index is 6.74. The van der Waals surface area contributed by atoms with Gasteiger partial charge in [0.05, 0.1) is 5.41 Å². The summed E-state index contributed by atoms with van der Waals surface area (Å²) in [7, 11) is 0. The predicted molar refractivity (Wildman–Crippen MR) is 182 cm³/mol. The Morgan fingerprint density at radius 2 is 1.00 bits per heavy atom. The minimum absolute atomic E-state index is 0.0342. The molecule has 1 spiro atoms. The summed E-state index contributed by atoms with van der Waals surface area (Å²) in [5, 5.41) is 17.7. The van der Waals surface area contributed by atoms with Crippen LogP contribution in [0.3, 0.4) is 0 Å². The molecule has 5 aromatic carbocycles. The van der Waals surface area contributed by atoms with Crippen LogP contribution in [0.4, 0.5) is 0 Å². The summed E-state index contributed by atoms with van der Waals surface area (Å²) >= 11 is 0. The fourth-order valence-corrected chi connectivity index (χ4v) is 7.66. The van der Waals surface area contributed by atoms with E-state index in [0.717, 1.165) is 39.1 Å². The SMILES string of the molecule is C1=CC2Oc3ccc(-c4nnc(-c5ccccc5)o4)cc3C3(c4ccccc4-c4ccc(-c5nnc(-c6ccccc6)o5)cc43)C2C=C1. The highest BCUT2D eigenvalue weighted by Gasteiger charge is 2.56. The van der Waals surface area contributed by atoms with E-state index < -0.39 is 5.41 Å². The summed E-state index contributed by atoms with van der Waals surface area (Å²) in [6, 6.07) is 41.0. The first-order valence-electron chi connectivity index (χ1n) is 16.0. The van der Waals surface area contributed by atoms with Crippen LogP contribution in [0.1, 0.15) is 16.7 Å². The number of hydrogen-bond donors (Lipinski definition) is 0. The molecule has 7 nitrogen and oxygen atoms in total. The molecule has 3 heterocycles. The van der Waals surface area contributed by atoms with E-state index in [1.165, 1.54) is 16.7 Å². The van der Waals surface area contributed by atoms with Crippen LogP contribution >= 0.6 is 0 Å². The zero-order valence-electron chi connectivity index (χ0n) is 25.5. The number of allylic oxidation sites excluding steroid dienone is 2. The lowest BCUT2D eigenvalue weighted by atomic mass is 9.60. The Hall–Kier alpha value is -6.34. The third-order valence-corrected chi connectivity index (χ3v) is 9.72. The zero-order valence-corrected chi connectivity index (χ0v) is 25.5. The minimum Gasteiger partial charge on any atom is -0.485 e. The molecule has 228 valence electrons. The van der Waals surface area contributed by atoms with Crippen LogP contribution in [0.15, 0.2) is 154 Å². The smallest absolute Gasteiger partial charge is 0.248 e. The molecule has 0 saturated carbocycles. The molecular weight excluding hydrogens is 596 g/mol. The molecule has 7 heteroatoms. The van der Waals surface area contributed by atoms with E-state index >= 15 is 0 Å². The van der Waals surface area contributed by atoms with Gasteiger partial charge in [0.25, 0.3) is 0 Å². The van der Waals surface area contributed by atoms with Crippen molar-refractivity contribution >= 4 is 0 Å². The highest BCUT2D eigenvalue weighted by molar-refractivity contribution is 5.87. The third kappa shape index (κ3) is 3.88. The molecule has 0 amide bonds. The van der Waals surface area contributed by atoms with Gasteiger partial charge in [0.2, 0.25) is 23.6 Å². The van der Waals surface area contributed by atoms with Gasteiger partial charge >= 0.3 is 0 Å². The summed E-state index contributed by atoms with van der Waals surface area (Å²) in [6.45, 7) is 0. The first kappa shape index (κ1) is 26.8. The second-order valence-corrected chi connectivity index (χ2v) is 12.3. The van der Waals surface area contributed by atoms with Crippen LogP contribution in [0, 0.1) is 5.92 Å². The molecule has 0 N–H and O–H groups in total. The Morgan fingerprint density at radius 1 is 0.458 bits per heavy atom. The van der Waals surface area contributed by atoms with Crippen molar-refractivity contribution in [3.8, 4) is 62.7 Å². The standard InChI is InChI=1S/C41H26N4O3/c1-3-11-25(12-4-1)37-42-44-39(47-37)27-19-21-30-29-15-7-8-16-31(29)41(33(30)23-27)32-17-9-10-18-35(32)46-36-22-20-28(24-34(36)41)40-45-43-38(48-40)26-13-5-2-6-14-26/h1-24,32,35H. The lowest BCUT2D eigenvalue weighted by molar-refractivity contribution is 0.141. The van der Waals surface area contributed by atoms with Gasteiger partial charge < -0.3 is 13.6 Å². The molecule has 7 aromatic rings. The summed E-state index contributed by atoms with van der Waals surface area (Å²) in [5.74, 6) is 2.67. The van der Waals surface area contributed by atoms with Gasteiger partial charge in [-0.05, 0) is 82.9 Å². The molecule has 1 aliphatic heterocycles. The number of aromatic nitrogens is 4. The summed E-state index contributed by atoms with van der Waals surface area (Å²) in [5.41, 5.74) is 8.63. The van der Waals surface area contributed by atoms with Gasteiger partial charge in [0.1, 0.15) is 11.9 Å². The Balaban J connectivity index is 1.19. The van der Waals surface area contributed by atoms with Crippen LogP contribution in [-0.2, 0) is 5.41 Å². The topological polar surface area (TPSA) is 87.1 Å². The Morgan fingerprint density at radius 3 is 1.69 bits per heavy atom. The normalized spacial score (nSPS) is 19.8. The van der Waals surface area contributed by atoms with E-state index in [4.69, 9.17) is 13.6 Å². The van der Waals surface area contributed by atoms with Crippen LogP contribution in [0.25, 0.3) is 56.9 Å². The lowest BCUT2D eigenvalue weighted by Gasteiger charge is -2.47. The molecule has 2 aromatic heterocycles. The van der Waals surface area contributed by atoms with E-state index in [1.807, 2.05) is 72.8 Å². The van der Waals surface area contributed by atoms with E-state index in [0.29, 0.717) is 23.6 Å². The molecule has 0 bridgehead atoms. The molecule has 3 atom stereocenters. The Labute approximate surface area is 275 Å². The number of fused-ring (bicyclic) bond motifs is 9. The zero-order chi connectivity index (χ0) is 31.7. The number of benzene rings is 5. The lowest BCUT2D eigenvalue weighted by Crippen LogP contribution is -2.47. The van der Waals surface area contributed by atoms with Gasteiger partial charge in [0.15, 0.2) is 0 Å². The summed E-state index contributed by atoms with van der Waals surface area (Å²) in [4.78, 5) is 0. The van der Waals surface area contributed by atoms with Crippen LogP contribution < -0.4 is 4.74 Å². The molecule has 3 unspecified atom stereocenters. The second kappa shape index (κ2) is 10.3. The van der Waals surface area contributed by atoms with Crippen molar-refractivity contribution < 1.29 is 13.6 Å². The van der Waals surface area contributed by atoms with Crippen molar-refractivity contribution in [1.29, 1.82) is 0 Å². The average molecular weight is 623 g/mol. The first-order chi connectivity index (χ1) is 23.8. The maximum Gasteiger partial charge on any atom is 0.248 e. The van der Waals surface area contributed by atoms with Gasteiger partial charge in [-0.3, -0.25) is 0 Å². The van der Waals surface area contributed by atoms with Gasteiger partial charge in [-0.2, -0.15) is 0 Å². The molecule has 0 fully saturated rings. The van der Waals surface area contributed by atoms with Crippen molar-refractivity contribution in [3.05, 3.63) is 162 Å². The molecule has 2 aliphatic carbocycles. The van der Waals surface area contributed by atoms with Crippen molar-refractivity contribution in [2.45, 2.75) is 11.5 Å². The van der Waals surface area contributed by atoms with Crippen LogP contribution in [0.5, 0.6) is 5.75 Å². The molecule has 0 radical (unpaired) electrons. The van der Waals surface area contributed by atoms with Crippen molar-refractivity contribution in [2.24, 2.45) is 5.92 Å². The van der Waals surface area contributed by atoms with E-state index in [9.17, 15) is 0 Å². The van der Waals surface area contributed by atoms with Crippen LogP contribution in [0.2, 0.25) is 0 Å². The first-order valence-corrected chi connectivity index (χ1v) is 16.0. The average Bonchev–Trinajstić information content (AvgIpc) is 3.91. The fraction of sp³-hybridized carbons (Fsp3) is 0.0732. The summed E-state index contributed by atoms with van der Waals surface area (Å²) in [6.07, 6.45) is 8.46. The molecule has 48 heavy (non-hydrogen) atoms. The van der Waals surface area contributed by atoms with Crippen molar-refractivity contribution in [1.82, 2.24) is 20.4 Å². The number of ether oxygens (including phenoxy) is 1. The van der Waals surface area contributed by atoms with Crippen molar-refractivity contribution in [3.63, 3.8) is 0 Å². The van der Waals surface area contributed by atoms with Gasteiger partial charge in [-0.15, -0.1) is 20.4 Å². The van der Waals surface area contributed by atoms with Gasteiger partial charge in [0, 0.05) is 33.7 Å². The van der Waals surface area contributed by atoms with E-state index in [-0.39, 0.29) is 12.0 Å². The molecule has 10 rings (SSSR count). The monoisotopic (exact) mass is 622 g/mol. The number of hydrogen-bond acceptors (Lipinski definition) is 7. The largest absolute Gasteiger partial charge is 0.485 e. The number of rotatable bonds is 4. The quantitative estimate of drug-likeness (QED) is 0.194. The Kier molecular flexibility index (Phi) is 5.78.